The number of ether oxygens (including phenoxy) is 1. The monoisotopic (exact) mass is 405 g/mol. The van der Waals surface area contributed by atoms with E-state index >= 15 is 0 Å². The van der Waals surface area contributed by atoms with Crippen LogP contribution in [0.3, 0.4) is 0 Å². The molecule has 11 heteroatoms. The molecule has 0 aromatic heterocycles. The minimum atomic E-state index is -4.79. The van der Waals surface area contributed by atoms with Gasteiger partial charge in [-0.3, -0.25) is 14.9 Å². The molecule has 0 radical (unpaired) electrons. The molecule has 1 aliphatic heterocycles. The van der Waals surface area contributed by atoms with E-state index < -0.39 is 48.0 Å². The summed E-state index contributed by atoms with van der Waals surface area (Å²) in [7, 11) is -3.34. The smallest absolute Gasteiger partial charge is 0.420 e. The maximum Gasteiger partial charge on any atom is 0.420 e. The Hall–Kier alpha value is -2.27. The largest absolute Gasteiger partial charge is 0.496 e. The number of carbonyl (C=O) groups excluding carboxylic acids is 2. The highest BCUT2D eigenvalue weighted by Gasteiger charge is 2.44. The molecule has 2 aromatic carbocycles. The van der Waals surface area contributed by atoms with Crippen molar-refractivity contribution in [3.8, 4) is 5.75 Å². The number of methoxy groups -OCH3 is 1. The van der Waals surface area contributed by atoms with E-state index in [1.165, 1.54) is 6.07 Å². The van der Waals surface area contributed by atoms with E-state index in [2.05, 4.69) is 0 Å². The lowest BCUT2D eigenvalue weighted by molar-refractivity contribution is -0.137. The molecule has 1 unspecified atom stereocenters. The van der Waals surface area contributed by atoms with Gasteiger partial charge in [0.05, 0.1) is 12.0 Å². The molecule has 1 aliphatic rings. The van der Waals surface area contributed by atoms with Crippen LogP contribution in [0.15, 0.2) is 35.2 Å². The van der Waals surface area contributed by atoms with Crippen LogP contribution in [0.1, 0.15) is 5.56 Å². The van der Waals surface area contributed by atoms with Crippen molar-refractivity contribution < 1.29 is 35.9 Å². The molecule has 2 aromatic rings. The number of alkyl halides is 3. The van der Waals surface area contributed by atoms with Crippen molar-refractivity contribution in [3.05, 3.63) is 35.9 Å². The van der Waals surface area contributed by atoms with Crippen molar-refractivity contribution in [1.29, 1.82) is 0 Å². The molecule has 0 saturated carbocycles. The second-order valence-corrected chi connectivity index (χ2v) is 8.64. The molecule has 0 aliphatic carbocycles. The number of benzene rings is 2. The number of hydrogen-bond acceptors (Lipinski definition) is 6. The Morgan fingerprint density at radius 3 is 2.35 bits per heavy atom. The molecule has 1 saturated heterocycles. The van der Waals surface area contributed by atoms with Gasteiger partial charge in [0.1, 0.15) is 11.3 Å². The standard InChI is InChI=1S/C15H10F3NO5S2/c1-24-9-6-5-7-8(11(9)15(16,17)18)3-2-4-10(7)26(22,23)13-12(20)19-14(21)25-13/h2-6,13H,1H3,(H,19,20,21). The van der Waals surface area contributed by atoms with Crippen molar-refractivity contribution >= 4 is 43.5 Å². The van der Waals surface area contributed by atoms with Crippen LogP contribution in [0.5, 0.6) is 5.75 Å². The summed E-state index contributed by atoms with van der Waals surface area (Å²) in [5.74, 6) is -1.48. The Morgan fingerprint density at radius 1 is 1.12 bits per heavy atom. The van der Waals surface area contributed by atoms with E-state index in [1.54, 1.807) is 0 Å². The Kier molecular flexibility index (Phi) is 4.39. The SMILES string of the molecule is COc1ccc2c(S(=O)(=O)C3SC(=O)NC3=O)cccc2c1C(F)(F)F. The predicted octanol–water partition coefficient (Wildman–Crippen LogP) is 2.95. The number of amides is 2. The van der Waals surface area contributed by atoms with Gasteiger partial charge in [0.15, 0.2) is 4.58 Å². The van der Waals surface area contributed by atoms with E-state index in [1.807, 2.05) is 5.32 Å². The first-order valence-electron chi connectivity index (χ1n) is 6.99. The van der Waals surface area contributed by atoms with Crippen LogP contribution in [-0.4, -0.2) is 31.3 Å². The van der Waals surface area contributed by atoms with Crippen molar-refractivity contribution in [2.24, 2.45) is 0 Å². The van der Waals surface area contributed by atoms with E-state index in [4.69, 9.17) is 4.74 Å². The van der Waals surface area contributed by atoms with Crippen LogP contribution >= 0.6 is 11.8 Å². The molecular formula is C15H10F3NO5S2. The number of halogens is 3. The molecule has 138 valence electrons. The zero-order valence-corrected chi connectivity index (χ0v) is 14.6. The number of nitrogens with one attached hydrogen (secondary N) is 1. The van der Waals surface area contributed by atoms with Crippen molar-refractivity contribution in [1.82, 2.24) is 5.32 Å². The number of thioether (sulfide) groups is 1. The highest BCUT2D eigenvalue weighted by molar-refractivity contribution is 8.24. The van der Waals surface area contributed by atoms with Crippen LogP contribution in [-0.2, 0) is 20.8 Å². The van der Waals surface area contributed by atoms with E-state index in [0.29, 0.717) is 0 Å². The van der Waals surface area contributed by atoms with Crippen LogP contribution in [0.2, 0.25) is 0 Å². The normalized spacial score (nSPS) is 18.2. The molecule has 2 amide bonds. The van der Waals surface area contributed by atoms with E-state index in [0.717, 1.165) is 31.4 Å². The van der Waals surface area contributed by atoms with Crippen LogP contribution in [0.25, 0.3) is 10.8 Å². The maximum absolute atomic E-state index is 13.5. The van der Waals surface area contributed by atoms with Gasteiger partial charge in [-0.25, -0.2) is 8.42 Å². The first-order chi connectivity index (χ1) is 12.1. The van der Waals surface area contributed by atoms with Crippen molar-refractivity contribution in [3.63, 3.8) is 0 Å². The number of imide groups is 1. The average Bonchev–Trinajstić information content (AvgIpc) is 2.91. The molecule has 26 heavy (non-hydrogen) atoms. The van der Waals surface area contributed by atoms with Crippen LogP contribution in [0.4, 0.5) is 18.0 Å². The fourth-order valence-corrected chi connectivity index (χ4v) is 5.60. The molecule has 1 heterocycles. The highest BCUT2D eigenvalue weighted by Crippen LogP contribution is 2.43. The molecule has 3 rings (SSSR count). The van der Waals surface area contributed by atoms with E-state index in [-0.39, 0.29) is 22.5 Å². The maximum atomic E-state index is 13.5. The second kappa shape index (κ2) is 6.16. The highest BCUT2D eigenvalue weighted by atomic mass is 32.3. The summed E-state index contributed by atoms with van der Waals surface area (Å²) in [5, 5.41) is 0.422. The molecule has 0 spiro atoms. The van der Waals surface area contributed by atoms with Crippen LogP contribution < -0.4 is 10.1 Å². The number of rotatable bonds is 3. The average molecular weight is 405 g/mol. The fraction of sp³-hybridized carbons (Fsp3) is 0.200. The fourth-order valence-electron chi connectivity index (χ4n) is 2.68. The summed E-state index contributed by atoms with van der Waals surface area (Å²) in [6.07, 6.45) is -4.79. The second-order valence-electron chi connectivity index (χ2n) is 5.26. The summed E-state index contributed by atoms with van der Waals surface area (Å²) < 4.78 is 68.9. The third kappa shape index (κ3) is 2.90. The number of hydrogen-bond donors (Lipinski definition) is 1. The Balaban J connectivity index is 2.30. The van der Waals surface area contributed by atoms with Crippen molar-refractivity contribution in [2.75, 3.05) is 7.11 Å². The lowest BCUT2D eigenvalue weighted by Crippen LogP contribution is -2.30. The van der Waals surface area contributed by atoms with Crippen LogP contribution in [0, 0.1) is 0 Å². The zero-order chi connectivity index (χ0) is 19.3. The number of carbonyl (C=O) groups is 2. The number of sulfone groups is 1. The van der Waals surface area contributed by atoms with Gasteiger partial charge in [0.25, 0.3) is 11.1 Å². The minimum Gasteiger partial charge on any atom is -0.496 e. The quantitative estimate of drug-likeness (QED) is 0.845. The lowest BCUT2D eigenvalue weighted by Gasteiger charge is -2.17. The summed E-state index contributed by atoms with van der Waals surface area (Å²) in [4.78, 5) is 22.5. The Bertz CT molecular complexity index is 1030. The lowest BCUT2D eigenvalue weighted by atomic mass is 10.0. The first kappa shape index (κ1) is 18.5. The van der Waals surface area contributed by atoms with Gasteiger partial charge in [0.2, 0.25) is 9.84 Å². The third-order valence-corrected chi connectivity index (χ3v) is 7.27. The molecule has 6 nitrogen and oxygen atoms in total. The molecular weight excluding hydrogens is 395 g/mol. The summed E-state index contributed by atoms with van der Waals surface area (Å²) >= 11 is 0.267. The predicted molar refractivity (Wildman–Crippen MR) is 87.6 cm³/mol. The molecule has 1 fully saturated rings. The summed E-state index contributed by atoms with van der Waals surface area (Å²) in [6, 6.07) is 5.55. The summed E-state index contributed by atoms with van der Waals surface area (Å²) in [6.45, 7) is 0. The minimum absolute atomic E-state index is 0.214. The van der Waals surface area contributed by atoms with Gasteiger partial charge in [-0.05, 0) is 35.3 Å². The third-order valence-electron chi connectivity index (χ3n) is 3.73. The molecule has 1 N–H and O–H groups in total. The van der Waals surface area contributed by atoms with Gasteiger partial charge in [-0.2, -0.15) is 13.2 Å². The molecule has 1 atom stereocenters. The van der Waals surface area contributed by atoms with Gasteiger partial charge in [-0.15, -0.1) is 0 Å². The summed E-state index contributed by atoms with van der Waals surface area (Å²) in [5.41, 5.74) is -1.12. The Morgan fingerprint density at radius 2 is 1.81 bits per heavy atom. The Labute approximate surface area is 149 Å². The van der Waals surface area contributed by atoms with Crippen molar-refractivity contribution in [2.45, 2.75) is 15.7 Å². The number of fused-ring (bicyclic) bond motifs is 1. The van der Waals surface area contributed by atoms with E-state index in [9.17, 15) is 31.2 Å². The molecule has 0 bridgehead atoms. The van der Waals surface area contributed by atoms with Gasteiger partial charge in [0, 0.05) is 5.39 Å². The first-order valence-corrected chi connectivity index (χ1v) is 9.42. The van der Waals surface area contributed by atoms with Gasteiger partial charge in [-0.1, -0.05) is 12.1 Å². The topological polar surface area (TPSA) is 89.5 Å². The van der Waals surface area contributed by atoms with Gasteiger partial charge < -0.3 is 4.74 Å². The zero-order valence-electron chi connectivity index (χ0n) is 13.0. The van der Waals surface area contributed by atoms with Gasteiger partial charge >= 0.3 is 6.18 Å².